The summed E-state index contributed by atoms with van der Waals surface area (Å²) in [5.74, 6) is -2.32. The Morgan fingerprint density at radius 2 is 1.68 bits per heavy atom. The van der Waals surface area contributed by atoms with E-state index in [9.17, 15) is 14.4 Å². The van der Waals surface area contributed by atoms with E-state index in [1.807, 2.05) is 13.8 Å². The van der Waals surface area contributed by atoms with E-state index in [1.54, 1.807) is 12.1 Å². The minimum absolute atomic E-state index is 0.0247. The van der Waals surface area contributed by atoms with Gasteiger partial charge in [0.05, 0.1) is 23.1 Å². The Bertz CT molecular complexity index is 596. The number of hydrogen-bond acceptors (Lipinski definition) is 3. The van der Waals surface area contributed by atoms with Crippen LogP contribution in [0.1, 0.15) is 24.2 Å². The Morgan fingerprint density at radius 1 is 1.16 bits per heavy atom. The molecule has 0 spiro atoms. The SMILES string of the molecule is CC1(C)C2C(=O)N(c3ccccc3C(=O)O)C(=O)C21. The second-order valence-electron chi connectivity index (χ2n) is 5.61. The lowest BCUT2D eigenvalue weighted by Crippen LogP contribution is -2.37. The second kappa shape index (κ2) is 3.44. The number of carboxylic acids is 1. The molecular formula is C14H13NO4. The molecule has 0 radical (unpaired) electrons. The van der Waals surface area contributed by atoms with Gasteiger partial charge in [-0.15, -0.1) is 0 Å². The normalized spacial score (nSPS) is 27.4. The van der Waals surface area contributed by atoms with Crippen LogP contribution in [-0.4, -0.2) is 22.9 Å². The van der Waals surface area contributed by atoms with Crippen molar-refractivity contribution in [2.75, 3.05) is 4.90 Å². The fraction of sp³-hybridized carbons (Fsp3) is 0.357. The van der Waals surface area contributed by atoms with Crippen molar-refractivity contribution in [3.63, 3.8) is 0 Å². The molecule has 2 aliphatic rings. The number of para-hydroxylation sites is 1. The first-order chi connectivity index (χ1) is 8.87. The fourth-order valence-electron chi connectivity index (χ4n) is 3.03. The maximum atomic E-state index is 12.3. The van der Waals surface area contributed by atoms with Crippen molar-refractivity contribution in [2.24, 2.45) is 17.3 Å². The first kappa shape index (κ1) is 11.9. The van der Waals surface area contributed by atoms with Gasteiger partial charge in [-0.2, -0.15) is 0 Å². The van der Waals surface area contributed by atoms with Crippen LogP contribution in [0.4, 0.5) is 5.69 Å². The summed E-state index contributed by atoms with van der Waals surface area (Å²) in [6.45, 7) is 3.77. The number of anilines is 1. The van der Waals surface area contributed by atoms with E-state index in [0.717, 1.165) is 4.90 Å². The largest absolute Gasteiger partial charge is 0.478 e. The Labute approximate surface area is 109 Å². The molecule has 98 valence electrons. The maximum absolute atomic E-state index is 12.3. The van der Waals surface area contributed by atoms with Crippen molar-refractivity contribution in [2.45, 2.75) is 13.8 Å². The van der Waals surface area contributed by atoms with Crippen LogP contribution in [0.15, 0.2) is 24.3 Å². The molecule has 1 saturated heterocycles. The minimum Gasteiger partial charge on any atom is -0.478 e. The summed E-state index contributed by atoms with van der Waals surface area (Å²) in [5.41, 5.74) is -0.139. The molecule has 1 N–H and O–H groups in total. The summed E-state index contributed by atoms with van der Waals surface area (Å²) in [6, 6.07) is 6.09. The first-order valence-corrected chi connectivity index (χ1v) is 6.07. The van der Waals surface area contributed by atoms with Crippen molar-refractivity contribution in [3.8, 4) is 0 Å². The van der Waals surface area contributed by atoms with Crippen molar-refractivity contribution >= 4 is 23.5 Å². The highest BCUT2D eigenvalue weighted by Crippen LogP contribution is 2.63. The number of rotatable bonds is 2. The number of carbonyl (C=O) groups is 3. The number of aromatic carboxylic acids is 1. The molecule has 1 aromatic carbocycles. The summed E-state index contributed by atoms with van der Waals surface area (Å²) in [6.07, 6.45) is 0. The topological polar surface area (TPSA) is 74.7 Å². The van der Waals surface area contributed by atoms with E-state index < -0.39 is 5.97 Å². The number of imide groups is 1. The van der Waals surface area contributed by atoms with E-state index in [2.05, 4.69) is 0 Å². The van der Waals surface area contributed by atoms with E-state index >= 15 is 0 Å². The first-order valence-electron chi connectivity index (χ1n) is 6.07. The zero-order valence-corrected chi connectivity index (χ0v) is 10.6. The van der Waals surface area contributed by atoms with Gasteiger partial charge in [-0.25, -0.2) is 9.69 Å². The monoisotopic (exact) mass is 259 g/mol. The molecule has 1 aliphatic heterocycles. The van der Waals surface area contributed by atoms with E-state index in [0.29, 0.717) is 0 Å². The number of piperidine rings is 1. The van der Waals surface area contributed by atoms with Crippen LogP contribution in [-0.2, 0) is 9.59 Å². The lowest BCUT2D eigenvalue weighted by molar-refractivity contribution is -0.125. The van der Waals surface area contributed by atoms with Gasteiger partial charge in [-0.3, -0.25) is 9.59 Å². The van der Waals surface area contributed by atoms with Crippen LogP contribution < -0.4 is 4.90 Å². The smallest absolute Gasteiger partial charge is 0.337 e. The summed E-state index contributed by atoms with van der Waals surface area (Å²) in [4.78, 5) is 36.7. The molecule has 1 saturated carbocycles. The van der Waals surface area contributed by atoms with Crippen LogP contribution in [0.25, 0.3) is 0 Å². The van der Waals surface area contributed by atoms with E-state index in [1.165, 1.54) is 12.1 Å². The van der Waals surface area contributed by atoms with Gasteiger partial charge in [0.25, 0.3) is 0 Å². The average Bonchev–Trinajstić information content (AvgIpc) is 2.80. The maximum Gasteiger partial charge on any atom is 0.337 e. The van der Waals surface area contributed by atoms with Gasteiger partial charge < -0.3 is 5.11 Å². The van der Waals surface area contributed by atoms with E-state index in [4.69, 9.17) is 5.11 Å². The second-order valence-corrected chi connectivity index (χ2v) is 5.61. The fourth-order valence-corrected chi connectivity index (χ4v) is 3.03. The van der Waals surface area contributed by atoms with Gasteiger partial charge in [0.1, 0.15) is 0 Å². The Hall–Kier alpha value is -2.17. The average molecular weight is 259 g/mol. The Morgan fingerprint density at radius 3 is 2.21 bits per heavy atom. The van der Waals surface area contributed by atoms with Crippen molar-refractivity contribution in [1.29, 1.82) is 0 Å². The minimum atomic E-state index is -1.14. The zero-order valence-electron chi connectivity index (χ0n) is 10.6. The van der Waals surface area contributed by atoms with Gasteiger partial charge in [-0.05, 0) is 17.5 Å². The van der Waals surface area contributed by atoms with Crippen LogP contribution in [0.3, 0.4) is 0 Å². The molecule has 5 nitrogen and oxygen atoms in total. The van der Waals surface area contributed by atoms with Gasteiger partial charge in [0, 0.05) is 0 Å². The molecule has 3 rings (SSSR count). The molecule has 1 aromatic rings. The molecule has 2 fully saturated rings. The summed E-state index contributed by atoms with van der Waals surface area (Å²) in [7, 11) is 0. The molecule has 1 aliphatic carbocycles. The zero-order chi connectivity index (χ0) is 13.9. The summed E-state index contributed by atoms with van der Waals surface area (Å²) < 4.78 is 0. The lowest BCUT2D eigenvalue weighted by Gasteiger charge is -2.21. The van der Waals surface area contributed by atoms with Crippen LogP contribution in [0.5, 0.6) is 0 Å². The van der Waals surface area contributed by atoms with Gasteiger partial charge in [0.15, 0.2) is 0 Å². The van der Waals surface area contributed by atoms with Crippen molar-refractivity contribution in [1.82, 2.24) is 0 Å². The summed E-state index contributed by atoms with van der Waals surface area (Å²) >= 11 is 0. The predicted molar refractivity (Wildman–Crippen MR) is 66.7 cm³/mol. The molecule has 2 amide bonds. The number of carbonyl (C=O) groups excluding carboxylic acids is 2. The third-order valence-electron chi connectivity index (χ3n) is 4.18. The van der Waals surface area contributed by atoms with E-state index in [-0.39, 0.29) is 40.3 Å². The number of hydrogen-bond donors (Lipinski definition) is 1. The Kier molecular flexibility index (Phi) is 2.15. The summed E-state index contributed by atoms with van der Waals surface area (Å²) in [5, 5.41) is 9.13. The molecule has 2 atom stereocenters. The standard InChI is InChI=1S/C14H13NO4/c1-14(2)9-10(14)12(17)15(11(9)16)8-6-4-3-5-7(8)13(18)19/h3-6,9-10H,1-2H3,(H,18,19). The van der Waals surface area contributed by atoms with Gasteiger partial charge in [0.2, 0.25) is 11.8 Å². The molecule has 2 unspecified atom stereocenters. The molecule has 19 heavy (non-hydrogen) atoms. The lowest BCUT2D eigenvalue weighted by atomic mass is 10.0. The molecule has 0 bridgehead atoms. The Balaban J connectivity index is 2.05. The number of benzene rings is 1. The third kappa shape index (κ3) is 1.38. The van der Waals surface area contributed by atoms with Crippen LogP contribution >= 0.6 is 0 Å². The van der Waals surface area contributed by atoms with Crippen molar-refractivity contribution < 1.29 is 19.5 Å². The molecule has 0 aromatic heterocycles. The third-order valence-corrected chi connectivity index (χ3v) is 4.18. The van der Waals surface area contributed by atoms with Crippen LogP contribution in [0, 0.1) is 17.3 Å². The highest BCUT2D eigenvalue weighted by molar-refractivity contribution is 6.27. The molecular weight excluding hydrogens is 246 g/mol. The number of amides is 2. The number of fused-ring (bicyclic) bond motifs is 1. The highest BCUT2D eigenvalue weighted by atomic mass is 16.4. The predicted octanol–water partition coefficient (Wildman–Crippen LogP) is 1.53. The van der Waals surface area contributed by atoms with Crippen molar-refractivity contribution in [3.05, 3.63) is 29.8 Å². The molecule has 5 heteroatoms. The number of nitrogens with zero attached hydrogens (tertiary/aromatic N) is 1. The number of carboxylic acid groups (broad SMARTS) is 1. The highest BCUT2D eigenvalue weighted by Gasteiger charge is 2.72. The van der Waals surface area contributed by atoms with Gasteiger partial charge >= 0.3 is 5.97 Å². The quantitative estimate of drug-likeness (QED) is 0.817. The van der Waals surface area contributed by atoms with Gasteiger partial charge in [-0.1, -0.05) is 26.0 Å². The molecule has 1 heterocycles. The van der Waals surface area contributed by atoms with Crippen LogP contribution in [0.2, 0.25) is 0 Å².